The van der Waals surface area contributed by atoms with Gasteiger partial charge in [0.1, 0.15) is 18.3 Å². The molecule has 0 bridgehead atoms. The number of rotatable bonds is 8. The molecule has 0 aliphatic carbocycles. The van der Waals surface area contributed by atoms with Crippen LogP contribution in [0.15, 0.2) is 21.9 Å². The number of aromatic nitrogens is 2. The third-order valence-electron chi connectivity index (χ3n) is 3.28. The van der Waals surface area contributed by atoms with Crippen LogP contribution >= 0.6 is 23.5 Å². The molecule has 1 aromatic rings. The fourth-order valence-electron chi connectivity index (χ4n) is 2.20. The molecule has 17 nitrogen and oxygen atoms in total. The van der Waals surface area contributed by atoms with Gasteiger partial charge in [-0.3, -0.25) is 18.9 Å². The molecule has 0 spiro atoms. The number of aromatic amines is 1. The SMILES string of the molecule is O=c1ccn([C@H]2O[C@@H](COP(=O)(O)OP(=O)(O)OP(=O)(O)O)C(O)C2O)c(=O)[nH]1.[H-].[Na+]. The molecule has 1 fully saturated rings. The summed E-state index contributed by atoms with van der Waals surface area (Å²) in [6, 6.07) is 0.920. The summed E-state index contributed by atoms with van der Waals surface area (Å²) >= 11 is 0. The second-order valence-electron chi connectivity index (χ2n) is 5.45. The zero-order valence-corrected chi connectivity index (χ0v) is 19.5. The van der Waals surface area contributed by atoms with Crippen molar-refractivity contribution in [3.63, 3.8) is 0 Å². The molecule has 1 aromatic heterocycles. The maximum absolute atomic E-state index is 11.7. The smallest absolute Gasteiger partial charge is 1.00 e. The summed E-state index contributed by atoms with van der Waals surface area (Å²) < 4.78 is 50.6. The Morgan fingerprint density at radius 3 is 2.20 bits per heavy atom. The van der Waals surface area contributed by atoms with Crippen molar-refractivity contribution in [2.24, 2.45) is 0 Å². The van der Waals surface area contributed by atoms with Crippen molar-refractivity contribution in [1.82, 2.24) is 9.55 Å². The van der Waals surface area contributed by atoms with Gasteiger partial charge in [0.25, 0.3) is 5.56 Å². The molecule has 21 heteroatoms. The Kier molecular flexibility index (Phi) is 9.59. The van der Waals surface area contributed by atoms with Crippen molar-refractivity contribution in [3.8, 4) is 0 Å². The fourth-order valence-corrected chi connectivity index (χ4v) is 5.23. The van der Waals surface area contributed by atoms with E-state index in [-0.39, 0.29) is 31.0 Å². The number of aliphatic hydroxyl groups excluding tert-OH is 2. The van der Waals surface area contributed by atoms with E-state index < -0.39 is 65.9 Å². The van der Waals surface area contributed by atoms with Gasteiger partial charge in [-0.25, -0.2) is 18.5 Å². The normalized spacial score (nSPS) is 28.3. The number of aliphatic hydroxyl groups is 2. The number of phosphoric ester groups is 1. The van der Waals surface area contributed by atoms with Crippen molar-refractivity contribution in [2.45, 2.75) is 24.5 Å². The predicted molar refractivity (Wildman–Crippen MR) is 88.2 cm³/mol. The molecule has 30 heavy (non-hydrogen) atoms. The number of nitrogens with zero attached hydrogens (tertiary/aromatic N) is 1. The summed E-state index contributed by atoms with van der Waals surface area (Å²) in [5.41, 5.74) is -1.74. The fraction of sp³-hybridized carbons (Fsp3) is 0.556. The first-order chi connectivity index (χ1) is 13.1. The van der Waals surface area contributed by atoms with Crippen molar-refractivity contribution >= 4 is 23.5 Å². The van der Waals surface area contributed by atoms with Gasteiger partial charge in [0.2, 0.25) is 0 Å². The van der Waals surface area contributed by atoms with Gasteiger partial charge in [-0.1, -0.05) is 0 Å². The molecular weight excluding hydrogens is 492 g/mol. The van der Waals surface area contributed by atoms with E-state index in [4.69, 9.17) is 19.4 Å². The van der Waals surface area contributed by atoms with Crippen LogP contribution < -0.4 is 40.8 Å². The van der Waals surface area contributed by atoms with E-state index in [1.807, 2.05) is 4.98 Å². The second kappa shape index (κ2) is 10.3. The number of phosphoric acid groups is 3. The summed E-state index contributed by atoms with van der Waals surface area (Å²) in [5, 5.41) is 19.9. The summed E-state index contributed by atoms with van der Waals surface area (Å²) in [7, 11) is -16.8. The Morgan fingerprint density at radius 2 is 1.67 bits per heavy atom. The molecule has 1 aliphatic heterocycles. The van der Waals surface area contributed by atoms with Crippen LogP contribution in [0.1, 0.15) is 7.65 Å². The number of ether oxygens (including phenoxy) is 1. The summed E-state index contributed by atoms with van der Waals surface area (Å²) in [6.45, 7) is -1.05. The molecule has 2 rings (SSSR count). The number of hydrogen-bond donors (Lipinski definition) is 7. The van der Waals surface area contributed by atoms with E-state index in [0.29, 0.717) is 4.57 Å². The van der Waals surface area contributed by atoms with E-state index >= 15 is 0 Å². The molecule has 0 aromatic carbocycles. The van der Waals surface area contributed by atoms with E-state index in [1.54, 1.807) is 0 Å². The molecule has 1 saturated heterocycles. The first kappa shape index (κ1) is 28.0. The first-order valence-electron chi connectivity index (χ1n) is 7.22. The van der Waals surface area contributed by atoms with Crippen LogP contribution in [-0.2, 0) is 31.6 Å². The van der Waals surface area contributed by atoms with Crippen molar-refractivity contribution in [1.29, 1.82) is 0 Å². The van der Waals surface area contributed by atoms with Crippen LogP contribution in [0.4, 0.5) is 0 Å². The average molecular weight is 508 g/mol. The summed E-state index contributed by atoms with van der Waals surface area (Å²) in [5.74, 6) is 0. The first-order valence-corrected chi connectivity index (χ1v) is 11.7. The maximum Gasteiger partial charge on any atom is 1.00 e. The monoisotopic (exact) mass is 508 g/mol. The van der Waals surface area contributed by atoms with E-state index in [1.165, 1.54) is 0 Å². The quantitative estimate of drug-likeness (QED) is 0.128. The zero-order valence-electron chi connectivity index (χ0n) is 15.8. The molecule has 1 aliphatic rings. The zero-order chi connectivity index (χ0) is 22.2. The molecule has 6 atom stereocenters. The molecule has 0 radical (unpaired) electrons. The average Bonchev–Trinajstić information content (AvgIpc) is 2.78. The van der Waals surface area contributed by atoms with Gasteiger partial charge in [0.05, 0.1) is 6.61 Å². The van der Waals surface area contributed by atoms with Gasteiger partial charge in [0, 0.05) is 12.3 Å². The Balaban J connectivity index is 0.00000450. The summed E-state index contributed by atoms with van der Waals surface area (Å²) in [6.07, 6.45) is -5.70. The van der Waals surface area contributed by atoms with E-state index in [2.05, 4.69) is 13.1 Å². The molecule has 4 unspecified atom stereocenters. The molecule has 7 N–H and O–H groups in total. The van der Waals surface area contributed by atoms with Crippen molar-refractivity contribution in [3.05, 3.63) is 33.1 Å². The largest absolute Gasteiger partial charge is 1.00 e. The van der Waals surface area contributed by atoms with Crippen LogP contribution in [0, 0.1) is 0 Å². The van der Waals surface area contributed by atoms with Gasteiger partial charge in [0.15, 0.2) is 6.23 Å². The Hall–Kier alpha value is -0.0300. The Bertz CT molecular complexity index is 1010. The third kappa shape index (κ3) is 7.83. The molecule has 2 heterocycles. The molecular formula is C9H16N2NaO15P3. The number of hydrogen-bond acceptors (Lipinski definition) is 11. The molecule has 168 valence electrons. The molecule has 0 amide bonds. The van der Waals surface area contributed by atoms with Crippen molar-refractivity contribution in [2.75, 3.05) is 6.61 Å². The van der Waals surface area contributed by atoms with Gasteiger partial charge < -0.3 is 36.0 Å². The van der Waals surface area contributed by atoms with Gasteiger partial charge >= 0.3 is 58.7 Å². The van der Waals surface area contributed by atoms with Crippen LogP contribution in [0.25, 0.3) is 0 Å². The van der Waals surface area contributed by atoms with Crippen molar-refractivity contribution < 1.29 is 92.3 Å². The Morgan fingerprint density at radius 1 is 1.07 bits per heavy atom. The summed E-state index contributed by atoms with van der Waals surface area (Å²) in [4.78, 5) is 59.9. The van der Waals surface area contributed by atoms with Crippen LogP contribution in [-0.4, -0.2) is 64.3 Å². The third-order valence-corrected chi connectivity index (χ3v) is 7.08. The Labute approximate surface area is 189 Å². The minimum atomic E-state index is -5.73. The van der Waals surface area contributed by atoms with E-state index in [0.717, 1.165) is 12.3 Å². The van der Waals surface area contributed by atoms with Crippen LogP contribution in [0.3, 0.4) is 0 Å². The number of H-pyrrole nitrogens is 1. The van der Waals surface area contributed by atoms with Gasteiger partial charge in [-0.2, -0.15) is 8.62 Å². The number of nitrogens with one attached hydrogen (secondary N) is 1. The van der Waals surface area contributed by atoms with Crippen LogP contribution in [0.5, 0.6) is 0 Å². The van der Waals surface area contributed by atoms with Gasteiger partial charge in [-0.05, 0) is 0 Å². The topological polar surface area (TPSA) is 264 Å². The second-order valence-corrected chi connectivity index (χ2v) is 9.87. The maximum atomic E-state index is 11.7. The van der Waals surface area contributed by atoms with E-state index in [9.17, 15) is 38.4 Å². The standard InChI is InChI=1S/C9H15N2O15P3.Na.H/c12-5-1-2-11(9(15)10-5)8-7(14)6(13)4(24-8)3-23-28(19,20)26-29(21,22)25-27(16,17)18;;/h1-2,4,6-8,13-14H,3H2,(H,19,20)(H,21,22)(H,10,12,15)(H2,16,17,18);;/q;+1;-1/t4-,6?,7?,8-;;/m0../s1. The van der Waals surface area contributed by atoms with Gasteiger partial charge in [-0.15, -0.1) is 0 Å². The molecule has 0 saturated carbocycles. The van der Waals surface area contributed by atoms with Crippen LogP contribution in [0.2, 0.25) is 0 Å². The predicted octanol–water partition coefficient (Wildman–Crippen LogP) is -5.38. The minimum absolute atomic E-state index is 0. The minimum Gasteiger partial charge on any atom is -1.00 e.